The van der Waals surface area contributed by atoms with Gasteiger partial charge in [0.2, 0.25) is 5.91 Å². The Kier molecular flexibility index (Phi) is 7.19. The molecule has 0 aliphatic carbocycles. The van der Waals surface area contributed by atoms with E-state index in [2.05, 4.69) is 17.4 Å². The van der Waals surface area contributed by atoms with E-state index in [0.29, 0.717) is 6.61 Å². The van der Waals surface area contributed by atoms with Crippen molar-refractivity contribution in [1.82, 2.24) is 5.32 Å². The summed E-state index contributed by atoms with van der Waals surface area (Å²) in [5.41, 5.74) is 2.44. The Labute approximate surface area is 148 Å². The zero-order valence-corrected chi connectivity index (χ0v) is 15.3. The van der Waals surface area contributed by atoms with Gasteiger partial charge in [0, 0.05) is 5.75 Å². The third-order valence-corrected chi connectivity index (χ3v) is 4.84. The third-order valence-electron chi connectivity index (χ3n) is 3.62. The van der Waals surface area contributed by atoms with Crippen LogP contribution in [0.1, 0.15) is 25.0 Å². The van der Waals surface area contributed by atoms with Gasteiger partial charge in [-0.2, -0.15) is 0 Å². The van der Waals surface area contributed by atoms with Gasteiger partial charge in [-0.25, -0.2) is 0 Å². The van der Waals surface area contributed by atoms with Crippen LogP contribution in [0.15, 0.2) is 54.6 Å². The van der Waals surface area contributed by atoms with E-state index in [1.807, 2.05) is 63.2 Å². The van der Waals surface area contributed by atoms with Crippen LogP contribution in [0.3, 0.4) is 0 Å². The van der Waals surface area contributed by atoms with Gasteiger partial charge in [0.1, 0.15) is 12.4 Å². The van der Waals surface area contributed by atoms with Crippen molar-refractivity contribution in [2.45, 2.75) is 37.8 Å². The molecule has 0 saturated heterocycles. The average molecular weight is 343 g/mol. The smallest absolute Gasteiger partial charge is 0.233 e. The SMILES string of the molecule is Cc1ccc(OC[C@@H](C)NC(=O)[C@@H](C)SCc2ccccc2)cc1. The molecular formula is C20H25NO2S. The Bertz CT molecular complexity index is 628. The lowest BCUT2D eigenvalue weighted by molar-refractivity contribution is -0.121. The summed E-state index contributed by atoms with van der Waals surface area (Å²) in [5, 5.41) is 2.92. The molecule has 2 aromatic rings. The summed E-state index contributed by atoms with van der Waals surface area (Å²) in [6.07, 6.45) is 0. The van der Waals surface area contributed by atoms with Crippen LogP contribution in [0.5, 0.6) is 5.75 Å². The van der Waals surface area contributed by atoms with Crippen molar-refractivity contribution in [2.75, 3.05) is 6.61 Å². The quantitative estimate of drug-likeness (QED) is 0.781. The molecule has 0 bridgehead atoms. The van der Waals surface area contributed by atoms with E-state index in [4.69, 9.17) is 4.74 Å². The molecule has 2 rings (SSSR count). The second-order valence-corrected chi connectivity index (χ2v) is 7.30. The molecule has 0 aliphatic rings. The van der Waals surface area contributed by atoms with Gasteiger partial charge >= 0.3 is 0 Å². The molecule has 24 heavy (non-hydrogen) atoms. The Morgan fingerprint density at radius 1 is 1.08 bits per heavy atom. The normalized spacial score (nSPS) is 13.1. The first-order chi connectivity index (χ1) is 11.5. The van der Waals surface area contributed by atoms with E-state index in [0.717, 1.165) is 11.5 Å². The number of carbonyl (C=O) groups excluding carboxylic acids is 1. The highest BCUT2D eigenvalue weighted by Crippen LogP contribution is 2.18. The maximum Gasteiger partial charge on any atom is 0.233 e. The minimum absolute atomic E-state index is 0.0291. The van der Waals surface area contributed by atoms with Crippen molar-refractivity contribution in [3.63, 3.8) is 0 Å². The number of nitrogens with one attached hydrogen (secondary N) is 1. The highest BCUT2D eigenvalue weighted by molar-refractivity contribution is 7.99. The van der Waals surface area contributed by atoms with Gasteiger partial charge in [-0.15, -0.1) is 11.8 Å². The topological polar surface area (TPSA) is 38.3 Å². The number of ether oxygens (including phenoxy) is 1. The van der Waals surface area contributed by atoms with Crippen molar-refractivity contribution in [2.24, 2.45) is 0 Å². The summed E-state index contributed by atoms with van der Waals surface area (Å²) in [7, 11) is 0. The summed E-state index contributed by atoms with van der Waals surface area (Å²) < 4.78 is 5.71. The maximum atomic E-state index is 12.2. The Morgan fingerprint density at radius 3 is 2.42 bits per heavy atom. The summed E-state index contributed by atoms with van der Waals surface area (Å²) in [6.45, 7) is 6.41. The number of hydrogen-bond acceptors (Lipinski definition) is 3. The van der Waals surface area contributed by atoms with Crippen LogP contribution < -0.4 is 10.1 Å². The van der Waals surface area contributed by atoms with E-state index >= 15 is 0 Å². The summed E-state index contributed by atoms with van der Waals surface area (Å²) >= 11 is 1.64. The zero-order valence-electron chi connectivity index (χ0n) is 14.5. The third kappa shape index (κ3) is 6.28. The molecule has 3 nitrogen and oxygen atoms in total. The second kappa shape index (κ2) is 9.38. The lowest BCUT2D eigenvalue weighted by Gasteiger charge is -2.18. The largest absolute Gasteiger partial charge is 0.491 e. The monoisotopic (exact) mass is 343 g/mol. The summed E-state index contributed by atoms with van der Waals surface area (Å²) in [4.78, 5) is 12.2. The number of benzene rings is 2. The van der Waals surface area contributed by atoms with Gasteiger partial charge in [-0.05, 0) is 38.5 Å². The minimum Gasteiger partial charge on any atom is -0.491 e. The van der Waals surface area contributed by atoms with Crippen LogP contribution in [-0.2, 0) is 10.5 Å². The van der Waals surface area contributed by atoms with E-state index in [9.17, 15) is 4.79 Å². The maximum absolute atomic E-state index is 12.2. The lowest BCUT2D eigenvalue weighted by Crippen LogP contribution is -2.40. The predicted octanol–water partition coefficient (Wildman–Crippen LogP) is 4.20. The molecule has 128 valence electrons. The fourth-order valence-corrected chi connectivity index (χ4v) is 2.98. The minimum atomic E-state index is -0.0907. The van der Waals surface area contributed by atoms with Gasteiger partial charge in [-0.3, -0.25) is 4.79 Å². The van der Waals surface area contributed by atoms with Gasteiger partial charge in [-0.1, -0.05) is 48.0 Å². The fraction of sp³-hybridized carbons (Fsp3) is 0.350. The van der Waals surface area contributed by atoms with Gasteiger partial charge in [0.05, 0.1) is 11.3 Å². The molecule has 2 aromatic carbocycles. The molecule has 0 aromatic heterocycles. The van der Waals surface area contributed by atoms with Crippen LogP contribution in [0.4, 0.5) is 0 Å². The first kappa shape index (κ1) is 18.4. The molecule has 4 heteroatoms. The van der Waals surface area contributed by atoms with E-state index < -0.39 is 0 Å². The highest BCUT2D eigenvalue weighted by Gasteiger charge is 2.16. The molecule has 0 saturated carbocycles. The molecular weight excluding hydrogens is 318 g/mol. The van der Waals surface area contributed by atoms with E-state index in [1.54, 1.807) is 11.8 Å². The lowest BCUT2D eigenvalue weighted by atomic mass is 10.2. The van der Waals surface area contributed by atoms with Crippen molar-refractivity contribution in [1.29, 1.82) is 0 Å². The first-order valence-corrected chi connectivity index (χ1v) is 9.25. The molecule has 2 atom stereocenters. The number of carbonyl (C=O) groups is 1. The zero-order chi connectivity index (χ0) is 17.4. The second-order valence-electron chi connectivity index (χ2n) is 5.97. The molecule has 0 heterocycles. The van der Waals surface area contributed by atoms with E-state index in [1.165, 1.54) is 11.1 Å². The first-order valence-electron chi connectivity index (χ1n) is 8.20. The van der Waals surface area contributed by atoms with Crippen molar-refractivity contribution >= 4 is 17.7 Å². The standard InChI is InChI=1S/C20H25NO2S/c1-15-9-11-19(12-10-15)23-13-16(2)21-20(22)17(3)24-14-18-7-5-4-6-8-18/h4-12,16-17H,13-14H2,1-3H3,(H,21,22)/t16-,17-/m1/s1. The average Bonchev–Trinajstić information content (AvgIpc) is 2.60. The van der Waals surface area contributed by atoms with E-state index in [-0.39, 0.29) is 17.2 Å². The Hall–Kier alpha value is -1.94. The van der Waals surface area contributed by atoms with Crippen molar-refractivity contribution in [3.05, 3.63) is 65.7 Å². The van der Waals surface area contributed by atoms with Crippen LogP contribution in [0.25, 0.3) is 0 Å². The number of thioether (sulfide) groups is 1. The van der Waals surface area contributed by atoms with Crippen LogP contribution in [0, 0.1) is 6.92 Å². The van der Waals surface area contributed by atoms with Gasteiger partial charge in [0.25, 0.3) is 0 Å². The van der Waals surface area contributed by atoms with Crippen LogP contribution in [-0.4, -0.2) is 23.8 Å². The van der Waals surface area contributed by atoms with Gasteiger partial charge < -0.3 is 10.1 Å². The number of aryl methyl sites for hydroxylation is 1. The van der Waals surface area contributed by atoms with Crippen molar-refractivity contribution < 1.29 is 9.53 Å². The molecule has 0 aliphatic heterocycles. The molecule has 0 unspecified atom stereocenters. The fourth-order valence-electron chi connectivity index (χ4n) is 2.13. The summed E-state index contributed by atoms with van der Waals surface area (Å²) in [5.74, 6) is 1.72. The number of amides is 1. The number of rotatable bonds is 8. The predicted molar refractivity (Wildman–Crippen MR) is 101 cm³/mol. The number of hydrogen-bond donors (Lipinski definition) is 1. The van der Waals surface area contributed by atoms with Crippen LogP contribution in [0.2, 0.25) is 0 Å². The summed E-state index contributed by atoms with van der Waals surface area (Å²) in [6, 6.07) is 18.1. The Balaban J connectivity index is 1.71. The molecule has 0 spiro atoms. The molecule has 1 amide bonds. The van der Waals surface area contributed by atoms with Crippen molar-refractivity contribution in [3.8, 4) is 5.75 Å². The van der Waals surface area contributed by atoms with Gasteiger partial charge in [0.15, 0.2) is 0 Å². The van der Waals surface area contributed by atoms with Crippen LogP contribution >= 0.6 is 11.8 Å². The Morgan fingerprint density at radius 2 is 1.75 bits per heavy atom. The molecule has 1 N–H and O–H groups in total. The highest BCUT2D eigenvalue weighted by atomic mass is 32.2. The molecule has 0 radical (unpaired) electrons. The molecule has 0 fully saturated rings.